The molecule has 148 valence electrons. The topological polar surface area (TPSA) is 87.2 Å². The predicted octanol–water partition coefficient (Wildman–Crippen LogP) is 2.27. The number of nitrogens with zero attached hydrogens (tertiary/aromatic N) is 2. The Kier molecular flexibility index (Phi) is 6.63. The van der Waals surface area contributed by atoms with Crippen LogP contribution in [0.3, 0.4) is 0 Å². The fourth-order valence-electron chi connectivity index (χ4n) is 2.73. The van der Waals surface area contributed by atoms with Crippen LogP contribution in [0.4, 0.5) is 0 Å². The molecule has 2 aliphatic rings. The monoisotopic (exact) mass is 438 g/mol. The third kappa shape index (κ3) is 4.50. The number of hydrogen-bond donors (Lipinski definition) is 1. The minimum Gasteiger partial charge on any atom is -0.494 e. The summed E-state index contributed by atoms with van der Waals surface area (Å²) in [4.78, 5) is 39.4. The number of aliphatic carboxylic acids is 1. The van der Waals surface area contributed by atoms with E-state index < -0.39 is 17.9 Å². The highest BCUT2D eigenvalue weighted by atomic mass is 32.2. The smallest absolute Gasteiger partial charge is 0.327 e. The number of carbonyl (C=O) groups is 3. The summed E-state index contributed by atoms with van der Waals surface area (Å²) in [7, 11) is 0. The molecule has 0 aromatic heterocycles. The van der Waals surface area contributed by atoms with Crippen LogP contribution in [0, 0.1) is 0 Å². The van der Waals surface area contributed by atoms with Gasteiger partial charge in [0.1, 0.15) is 22.7 Å². The van der Waals surface area contributed by atoms with Gasteiger partial charge >= 0.3 is 5.97 Å². The molecule has 10 heteroatoms. The van der Waals surface area contributed by atoms with Crippen molar-refractivity contribution in [2.45, 2.75) is 13.0 Å². The number of ether oxygens (including phenoxy) is 1. The molecule has 0 radical (unpaired) electrons. The van der Waals surface area contributed by atoms with Gasteiger partial charge in [0.05, 0.1) is 17.4 Å². The van der Waals surface area contributed by atoms with Crippen LogP contribution < -0.4 is 4.74 Å². The van der Waals surface area contributed by atoms with Crippen molar-refractivity contribution in [3.05, 3.63) is 34.7 Å². The molecule has 3 rings (SSSR count). The van der Waals surface area contributed by atoms with Gasteiger partial charge in [-0.15, -0.1) is 11.8 Å². The lowest BCUT2D eigenvalue weighted by Crippen LogP contribution is -2.47. The highest BCUT2D eigenvalue weighted by molar-refractivity contribution is 8.26. The van der Waals surface area contributed by atoms with Crippen molar-refractivity contribution in [3.8, 4) is 5.75 Å². The number of carboxylic acids is 1. The molecule has 2 fully saturated rings. The fraction of sp³-hybridized carbons (Fsp3) is 0.333. The molecule has 0 saturated carbocycles. The van der Waals surface area contributed by atoms with E-state index in [0.717, 1.165) is 23.1 Å². The molecule has 2 amide bonds. The van der Waals surface area contributed by atoms with E-state index in [1.807, 2.05) is 31.2 Å². The Morgan fingerprint density at radius 2 is 2.07 bits per heavy atom. The fourth-order valence-corrected chi connectivity index (χ4v) is 5.16. The van der Waals surface area contributed by atoms with Gasteiger partial charge in [-0.3, -0.25) is 14.5 Å². The summed E-state index contributed by atoms with van der Waals surface area (Å²) in [6, 6.07) is 6.44. The number of carboxylic acid groups (broad SMARTS) is 1. The van der Waals surface area contributed by atoms with E-state index in [2.05, 4.69) is 0 Å². The largest absolute Gasteiger partial charge is 0.494 e. The highest BCUT2D eigenvalue weighted by Gasteiger charge is 2.39. The summed E-state index contributed by atoms with van der Waals surface area (Å²) >= 11 is 7.76. The van der Waals surface area contributed by atoms with Gasteiger partial charge in [-0.1, -0.05) is 36.1 Å². The summed E-state index contributed by atoms with van der Waals surface area (Å²) in [5.74, 6) is -0.427. The van der Waals surface area contributed by atoms with Crippen LogP contribution in [-0.4, -0.2) is 67.8 Å². The van der Waals surface area contributed by atoms with Gasteiger partial charge in [0.15, 0.2) is 0 Å². The van der Waals surface area contributed by atoms with Crippen LogP contribution in [0.15, 0.2) is 29.2 Å². The van der Waals surface area contributed by atoms with Gasteiger partial charge in [-0.25, -0.2) is 4.79 Å². The Balaban J connectivity index is 1.69. The van der Waals surface area contributed by atoms with Crippen LogP contribution in [-0.2, 0) is 14.4 Å². The van der Waals surface area contributed by atoms with Crippen molar-refractivity contribution < 1.29 is 24.2 Å². The van der Waals surface area contributed by atoms with Crippen molar-refractivity contribution in [1.29, 1.82) is 0 Å². The molecular formula is C18H18N2O5S3. The normalized spacial score (nSPS) is 20.9. The summed E-state index contributed by atoms with van der Waals surface area (Å²) in [5, 5.41) is 9.22. The first-order valence-corrected chi connectivity index (χ1v) is 10.9. The maximum absolute atomic E-state index is 12.7. The molecule has 1 aromatic carbocycles. The second-order valence-corrected chi connectivity index (χ2v) is 8.66. The lowest BCUT2D eigenvalue weighted by Gasteiger charge is -2.23. The average Bonchev–Trinajstić information content (AvgIpc) is 3.25. The molecule has 1 N–H and O–H groups in total. The number of thioether (sulfide) groups is 2. The average molecular weight is 439 g/mol. The van der Waals surface area contributed by atoms with E-state index in [0.29, 0.717) is 23.1 Å². The number of amides is 2. The Labute approximate surface area is 176 Å². The van der Waals surface area contributed by atoms with E-state index in [1.54, 1.807) is 6.08 Å². The molecule has 28 heavy (non-hydrogen) atoms. The molecule has 0 bridgehead atoms. The third-order valence-corrected chi connectivity index (χ3v) is 6.53. The minimum atomic E-state index is -1.04. The molecule has 2 aliphatic heterocycles. The maximum atomic E-state index is 12.7. The SMILES string of the molecule is CCOc1ccc(/C=C2/SC(=S)N(CC(=O)N3CSC[C@@H]3C(=O)O)C2=O)cc1. The summed E-state index contributed by atoms with van der Waals surface area (Å²) in [6.45, 7) is 2.22. The van der Waals surface area contributed by atoms with Crippen LogP contribution in [0.25, 0.3) is 6.08 Å². The summed E-state index contributed by atoms with van der Waals surface area (Å²) in [5.41, 5.74) is 0.817. The molecular weight excluding hydrogens is 420 g/mol. The lowest BCUT2D eigenvalue weighted by molar-refractivity contribution is -0.148. The molecule has 0 unspecified atom stereocenters. The van der Waals surface area contributed by atoms with Gasteiger partial charge in [-0.2, -0.15) is 0 Å². The molecule has 7 nitrogen and oxygen atoms in total. The van der Waals surface area contributed by atoms with E-state index in [9.17, 15) is 19.5 Å². The molecule has 2 heterocycles. The zero-order valence-electron chi connectivity index (χ0n) is 15.0. The standard InChI is InChI=1S/C18H18N2O5S3/c1-2-25-12-5-3-11(4-6-12)7-14-16(22)19(18(26)28-14)8-15(21)20-10-27-9-13(20)17(23)24/h3-7,13H,2,8-10H2,1H3,(H,23,24)/b14-7+/t13-/m1/s1. The Hall–Kier alpha value is -2.04. The number of rotatable bonds is 6. The third-order valence-electron chi connectivity index (χ3n) is 4.14. The first-order chi connectivity index (χ1) is 13.4. The number of benzene rings is 1. The van der Waals surface area contributed by atoms with Crippen LogP contribution in [0.2, 0.25) is 0 Å². The van der Waals surface area contributed by atoms with Crippen LogP contribution in [0.5, 0.6) is 5.75 Å². The lowest BCUT2D eigenvalue weighted by atomic mass is 10.2. The molecule has 2 saturated heterocycles. The second kappa shape index (κ2) is 8.97. The van der Waals surface area contributed by atoms with E-state index in [1.165, 1.54) is 21.6 Å². The second-order valence-electron chi connectivity index (χ2n) is 5.99. The quantitative estimate of drug-likeness (QED) is 0.535. The van der Waals surface area contributed by atoms with Crippen LogP contribution in [0.1, 0.15) is 12.5 Å². The van der Waals surface area contributed by atoms with Gasteiger partial charge in [0.2, 0.25) is 5.91 Å². The summed E-state index contributed by atoms with van der Waals surface area (Å²) < 4.78 is 5.68. The van der Waals surface area contributed by atoms with Gasteiger partial charge < -0.3 is 14.7 Å². The van der Waals surface area contributed by atoms with E-state index in [-0.39, 0.29) is 16.8 Å². The number of carbonyl (C=O) groups excluding carboxylic acids is 2. The summed E-state index contributed by atoms with van der Waals surface area (Å²) in [6.07, 6.45) is 1.71. The molecule has 0 aliphatic carbocycles. The van der Waals surface area contributed by atoms with Crippen molar-refractivity contribution in [2.24, 2.45) is 0 Å². The Morgan fingerprint density at radius 1 is 1.36 bits per heavy atom. The molecule has 0 spiro atoms. The van der Waals surface area contributed by atoms with E-state index >= 15 is 0 Å². The number of hydrogen-bond acceptors (Lipinski definition) is 7. The van der Waals surface area contributed by atoms with Crippen LogP contribution >= 0.6 is 35.7 Å². The molecule has 1 atom stereocenters. The van der Waals surface area contributed by atoms with Crippen molar-refractivity contribution >= 4 is 63.9 Å². The van der Waals surface area contributed by atoms with Gasteiger partial charge in [0, 0.05) is 5.75 Å². The maximum Gasteiger partial charge on any atom is 0.327 e. The van der Waals surface area contributed by atoms with Crippen molar-refractivity contribution in [1.82, 2.24) is 9.80 Å². The number of thiocarbonyl (C=S) groups is 1. The minimum absolute atomic E-state index is 0.254. The Morgan fingerprint density at radius 3 is 2.71 bits per heavy atom. The zero-order chi connectivity index (χ0) is 20.3. The Bertz CT molecular complexity index is 840. The van der Waals surface area contributed by atoms with Crippen molar-refractivity contribution in [3.63, 3.8) is 0 Å². The van der Waals surface area contributed by atoms with Gasteiger partial charge in [-0.05, 0) is 30.7 Å². The van der Waals surface area contributed by atoms with E-state index in [4.69, 9.17) is 17.0 Å². The highest BCUT2D eigenvalue weighted by Crippen LogP contribution is 2.33. The molecule has 1 aromatic rings. The van der Waals surface area contributed by atoms with Crippen molar-refractivity contribution in [2.75, 3.05) is 24.8 Å². The zero-order valence-corrected chi connectivity index (χ0v) is 17.4. The first-order valence-electron chi connectivity index (χ1n) is 8.49. The first kappa shape index (κ1) is 20.7. The van der Waals surface area contributed by atoms with Gasteiger partial charge in [0.25, 0.3) is 5.91 Å². The predicted molar refractivity (Wildman–Crippen MR) is 113 cm³/mol.